The third-order valence-electron chi connectivity index (χ3n) is 3.11. The molecule has 5 heteroatoms. The third-order valence-corrected chi connectivity index (χ3v) is 3.11. The average molecular weight is 309 g/mol. The lowest BCUT2D eigenvalue weighted by molar-refractivity contribution is 0.284. The zero-order valence-corrected chi connectivity index (χ0v) is 12.8. The van der Waals surface area contributed by atoms with Gasteiger partial charge in [-0.25, -0.2) is 0 Å². The highest BCUT2D eigenvalue weighted by molar-refractivity contribution is 5.85. The largest absolute Gasteiger partial charge is 0.493 e. The normalized spacial score (nSPS) is 11.4. The fraction of sp³-hybridized carbons (Fsp3) is 0.250. The first-order chi connectivity index (χ1) is 9.74. The standard InChI is InChI=1S/C16H20N2O2.ClH/c1-19-16-9-13(14(18)10-17)7-8-15(16)20-11-12-5-3-2-4-6-12;/h2-9,14H,10-11,17-18H2,1H3;1H/t14-;/m1./s1. The molecule has 0 bridgehead atoms. The summed E-state index contributed by atoms with van der Waals surface area (Å²) in [7, 11) is 1.61. The van der Waals surface area contributed by atoms with E-state index in [0.717, 1.165) is 11.1 Å². The van der Waals surface area contributed by atoms with Crippen molar-refractivity contribution in [3.8, 4) is 11.5 Å². The van der Waals surface area contributed by atoms with E-state index in [1.807, 2.05) is 48.5 Å². The molecule has 4 nitrogen and oxygen atoms in total. The molecule has 0 saturated heterocycles. The van der Waals surface area contributed by atoms with Crippen molar-refractivity contribution in [3.63, 3.8) is 0 Å². The zero-order valence-electron chi connectivity index (χ0n) is 12.0. The van der Waals surface area contributed by atoms with E-state index in [1.54, 1.807) is 7.11 Å². The molecule has 0 aliphatic heterocycles. The Balaban J connectivity index is 0.00000220. The van der Waals surface area contributed by atoms with Gasteiger partial charge in [-0.05, 0) is 23.3 Å². The summed E-state index contributed by atoms with van der Waals surface area (Å²) >= 11 is 0. The molecule has 0 unspecified atom stereocenters. The van der Waals surface area contributed by atoms with Crippen LogP contribution in [0.2, 0.25) is 0 Å². The predicted molar refractivity (Wildman–Crippen MR) is 87.0 cm³/mol. The van der Waals surface area contributed by atoms with Gasteiger partial charge in [0.05, 0.1) is 7.11 Å². The van der Waals surface area contributed by atoms with Gasteiger partial charge < -0.3 is 20.9 Å². The van der Waals surface area contributed by atoms with Gasteiger partial charge in [0.1, 0.15) is 6.61 Å². The molecule has 114 valence electrons. The number of benzene rings is 2. The topological polar surface area (TPSA) is 70.5 Å². The van der Waals surface area contributed by atoms with Crippen LogP contribution in [0.4, 0.5) is 0 Å². The van der Waals surface area contributed by atoms with Crippen LogP contribution in [0.15, 0.2) is 48.5 Å². The molecule has 0 spiro atoms. The van der Waals surface area contributed by atoms with Crippen LogP contribution in [0, 0.1) is 0 Å². The van der Waals surface area contributed by atoms with E-state index in [0.29, 0.717) is 24.7 Å². The van der Waals surface area contributed by atoms with Crippen molar-refractivity contribution in [1.29, 1.82) is 0 Å². The molecule has 1 atom stereocenters. The molecule has 0 amide bonds. The van der Waals surface area contributed by atoms with Crippen LogP contribution < -0.4 is 20.9 Å². The Bertz CT molecular complexity index is 549. The quantitative estimate of drug-likeness (QED) is 0.860. The maximum absolute atomic E-state index is 5.91. The minimum Gasteiger partial charge on any atom is -0.493 e. The van der Waals surface area contributed by atoms with Gasteiger partial charge >= 0.3 is 0 Å². The van der Waals surface area contributed by atoms with Crippen molar-refractivity contribution in [2.45, 2.75) is 12.6 Å². The second-order valence-corrected chi connectivity index (χ2v) is 4.53. The fourth-order valence-electron chi connectivity index (χ4n) is 1.91. The Morgan fingerprint density at radius 2 is 1.76 bits per heavy atom. The van der Waals surface area contributed by atoms with Crippen LogP contribution in [-0.4, -0.2) is 13.7 Å². The highest BCUT2D eigenvalue weighted by Crippen LogP contribution is 2.30. The minimum absolute atomic E-state index is 0. The number of nitrogens with two attached hydrogens (primary N) is 2. The molecule has 21 heavy (non-hydrogen) atoms. The van der Waals surface area contributed by atoms with Crippen LogP contribution >= 0.6 is 12.4 Å². The first-order valence-electron chi connectivity index (χ1n) is 6.55. The summed E-state index contributed by atoms with van der Waals surface area (Å²) < 4.78 is 11.1. The van der Waals surface area contributed by atoms with E-state index in [9.17, 15) is 0 Å². The van der Waals surface area contributed by atoms with Gasteiger partial charge in [0, 0.05) is 12.6 Å². The SMILES string of the molecule is COc1cc([C@H](N)CN)ccc1OCc1ccccc1.Cl. The molecule has 0 heterocycles. The predicted octanol–water partition coefficient (Wildman–Crippen LogP) is 2.65. The van der Waals surface area contributed by atoms with Gasteiger partial charge in [0.25, 0.3) is 0 Å². The summed E-state index contributed by atoms with van der Waals surface area (Å²) in [5, 5.41) is 0. The summed E-state index contributed by atoms with van der Waals surface area (Å²) in [5.74, 6) is 1.37. The molecular formula is C16H21ClN2O2. The van der Waals surface area contributed by atoms with Crippen LogP contribution in [0.1, 0.15) is 17.2 Å². The van der Waals surface area contributed by atoms with Crippen LogP contribution in [-0.2, 0) is 6.61 Å². The maximum atomic E-state index is 5.91. The summed E-state index contributed by atoms with van der Waals surface area (Å²) in [6.07, 6.45) is 0. The van der Waals surface area contributed by atoms with E-state index in [1.165, 1.54) is 0 Å². The van der Waals surface area contributed by atoms with E-state index in [4.69, 9.17) is 20.9 Å². The van der Waals surface area contributed by atoms with Gasteiger partial charge in [-0.2, -0.15) is 0 Å². The maximum Gasteiger partial charge on any atom is 0.161 e. The van der Waals surface area contributed by atoms with Crippen molar-refractivity contribution in [2.24, 2.45) is 11.5 Å². The summed E-state index contributed by atoms with van der Waals surface area (Å²) in [4.78, 5) is 0. The van der Waals surface area contributed by atoms with Crippen molar-refractivity contribution in [2.75, 3.05) is 13.7 Å². The molecular weight excluding hydrogens is 288 g/mol. The van der Waals surface area contributed by atoms with E-state index >= 15 is 0 Å². The highest BCUT2D eigenvalue weighted by Gasteiger charge is 2.10. The smallest absolute Gasteiger partial charge is 0.161 e. The summed E-state index contributed by atoms with van der Waals surface area (Å²) in [6, 6.07) is 15.5. The number of rotatable bonds is 6. The summed E-state index contributed by atoms with van der Waals surface area (Å²) in [5.41, 5.74) is 13.5. The monoisotopic (exact) mass is 308 g/mol. The number of hydrogen-bond acceptors (Lipinski definition) is 4. The van der Waals surface area contributed by atoms with Crippen LogP contribution in [0.3, 0.4) is 0 Å². The second kappa shape index (κ2) is 8.52. The summed E-state index contributed by atoms with van der Waals surface area (Å²) in [6.45, 7) is 0.896. The molecule has 0 radical (unpaired) electrons. The zero-order chi connectivity index (χ0) is 14.4. The molecule has 2 aromatic rings. The van der Waals surface area contributed by atoms with Gasteiger partial charge in [-0.3, -0.25) is 0 Å². The van der Waals surface area contributed by atoms with Crippen molar-refractivity contribution >= 4 is 12.4 Å². The lowest BCUT2D eigenvalue weighted by Crippen LogP contribution is -2.20. The molecule has 0 saturated carbocycles. The van der Waals surface area contributed by atoms with Gasteiger partial charge in [-0.15, -0.1) is 12.4 Å². The van der Waals surface area contributed by atoms with Crippen LogP contribution in [0.5, 0.6) is 11.5 Å². The Labute approximate surface area is 131 Å². The van der Waals surface area contributed by atoms with E-state index in [2.05, 4.69) is 0 Å². The van der Waals surface area contributed by atoms with Gasteiger partial charge in [0.2, 0.25) is 0 Å². The van der Waals surface area contributed by atoms with Crippen molar-refractivity contribution in [1.82, 2.24) is 0 Å². The molecule has 0 aliphatic carbocycles. The molecule has 0 aromatic heterocycles. The van der Waals surface area contributed by atoms with Gasteiger partial charge in [-0.1, -0.05) is 36.4 Å². The lowest BCUT2D eigenvalue weighted by atomic mass is 10.1. The fourth-order valence-corrected chi connectivity index (χ4v) is 1.91. The van der Waals surface area contributed by atoms with Gasteiger partial charge in [0.15, 0.2) is 11.5 Å². The number of ether oxygens (including phenoxy) is 2. The van der Waals surface area contributed by atoms with Crippen LogP contribution in [0.25, 0.3) is 0 Å². The van der Waals surface area contributed by atoms with Crippen molar-refractivity contribution < 1.29 is 9.47 Å². The first kappa shape index (κ1) is 17.3. The number of halogens is 1. The minimum atomic E-state index is -0.188. The highest BCUT2D eigenvalue weighted by atomic mass is 35.5. The molecule has 4 N–H and O–H groups in total. The Morgan fingerprint density at radius 1 is 1.05 bits per heavy atom. The molecule has 0 fully saturated rings. The Hall–Kier alpha value is -1.75. The average Bonchev–Trinajstić information content (AvgIpc) is 2.53. The van der Waals surface area contributed by atoms with E-state index < -0.39 is 0 Å². The third kappa shape index (κ3) is 4.63. The molecule has 2 rings (SSSR count). The van der Waals surface area contributed by atoms with Crippen molar-refractivity contribution in [3.05, 3.63) is 59.7 Å². The Kier molecular flexibility index (Phi) is 7.02. The lowest BCUT2D eigenvalue weighted by Gasteiger charge is -2.14. The number of methoxy groups -OCH3 is 1. The van der Waals surface area contributed by atoms with E-state index in [-0.39, 0.29) is 18.4 Å². The first-order valence-corrected chi connectivity index (χ1v) is 6.55. The molecule has 2 aromatic carbocycles. The number of hydrogen-bond donors (Lipinski definition) is 2. The Morgan fingerprint density at radius 3 is 2.38 bits per heavy atom. The second-order valence-electron chi connectivity index (χ2n) is 4.53. The molecule has 0 aliphatic rings.